The maximum absolute atomic E-state index is 11.1. The number of hydrogen-bond acceptors (Lipinski definition) is 4. The largest absolute Gasteiger partial charge is 0.477 e. The lowest BCUT2D eigenvalue weighted by atomic mass is 9.98. The number of nitrogens with zero attached hydrogens (tertiary/aromatic N) is 2. The minimum absolute atomic E-state index is 0.000968. The van der Waals surface area contributed by atoms with Crippen molar-refractivity contribution in [3.63, 3.8) is 0 Å². The van der Waals surface area contributed by atoms with Crippen LogP contribution in [0.15, 0.2) is 36.5 Å². The molecule has 5 heteroatoms. The van der Waals surface area contributed by atoms with Crippen LogP contribution in [-0.4, -0.2) is 21.3 Å². The summed E-state index contributed by atoms with van der Waals surface area (Å²) in [6.07, 6.45) is 2.30. The number of carboxylic acid groups (broad SMARTS) is 1. The molecule has 20 heavy (non-hydrogen) atoms. The first-order valence-corrected chi connectivity index (χ1v) is 6.45. The highest BCUT2D eigenvalue weighted by molar-refractivity contribution is 5.90. The van der Waals surface area contributed by atoms with Crippen LogP contribution in [0.2, 0.25) is 0 Å². The molecule has 2 aromatic rings. The number of aromatic nitrogens is 2. The van der Waals surface area contributed by atoms with E-state index < -0.39 is 5.97 Å². The minimum Gasteiger partial charge on any atom is -0.477 e. The van der Waals surface area contributed by atoms with E-state index in [2.05, 4.69) is 24.0 Å². The third-order valence-electron chi connectivity index (χ3n) is 3.19. The molecule has 1 unspecified atom stereocenters. The maximum Gasteiger partial charge on any atom is 0.341 e. The van der Waals surface area contributed by atoms with Gasteiger partial charge in [0.15, 0.2) is 0 Å². The number of hydrogen-bond donors (Lipinski definition) is 1. The average Bonchev–Trinajstić information content (AvgIpc) is 2.47. The molecule has 2 rings (SSSR count). The van der Waals surface area contributed by atoms with E-state index in [4.69, 9.17) is 9.84 Å². The Hall–Kier alpha value is -2.43. The first kappa shape index (κ1) is 14.0. The van der Waals surface area contributed by atoms with Crippen LogP contribution in [0.5, 0.6) is 11.6 Å². The van der Waals surface area contributed by atoms with Crippen LogP contribution in [0.3, 0.4) is 0 Å². The van der Waals surface area contributed by atoms with Crippen molar-refractivity contribution in [3.05, 3.63) is 47.7 Å². The summed E-state index contributed by atoms with van der Waals surface area (Å²) in [5.74, 6) is -0.146. The molecule has 0 bridgehead atoms. The van der Waals surface area contributed by atoms with Crippen molar-refractivity contribution in [2.75, 3.05) is 0 Å². The molecule has 104 valence electrons. The number of rotatable bonds is 5. The molecular formula is C15H16N2O3. The van der Waals surface area contributed by atoms with Crippen molar-refractivity contribution in [2.24, 2.45) is 0 Å². The molecule has 0 aliphatic carbocycles. The quantitative estimate of drug-likeness (QED) is 0.902. The van der Waals surface area contributed by atoms with Crippen molar-refractivity contribution in [1.82, 2.24) is 10.2 Å². The fraction of sp³-hybridized carbons (Fsp3) is 0.267. The van der Waals surface area contributed by atoms with E-state index in [1.165, 1.54) is 12.3 Å². The highest BCUT2D eigenvalue weighted by Crippen LogP contribution is 2.32. The standard InChI is InChI=1S/C15H16N2O3/c1-3-10(2)11-6-4-5-7-13(11)20-14-12(15(18)19)8-9-16-17-14/h4-10H,3H2,1-2H3,(H,18,19). The predicted molar refractivity (Wildman–Crippen MR) is 74.2 cm³/mol. The molecule has 0 radical (unpaired) electrons. The van der Waals surface area contributed by atoms with Gasteiger partial charge in [0.05, 0.1) is 6.20 Å². The summed E-state index contributed by atoms with van der Waals surface area (Å²) < 4.78 is 5.67. The van der Waals surface area contributed by atoms with Crippen LogP contribution >= 0.6 is 0 Å². The van der Waals surface area contributed by atoms with Gasteiger partial charge < -0.3 is 9.84 Å². The van der Waals surface area contributed by atoms with E-state index in [9.17, 15) is 4.79 Å². The summed E-state index contributed by atoms with van der Waals surface area (Å²) in [6.45, 7) is 4.18. The third kappa shape index (κ3) is 2.93. The molecule has 5 nitrogen and oxygen atoms in total. The monoisotopic (exact) mass is 272 g/mol. The Bertz CT molecular complexity index is 614. The van der Waals surface area contributed by atoms with Gasteiger partial charge >= 0.3 is 5.97 Å². The lowest BCUT2D eigenvalue weighted by Crippen LogP contribution is -2.04. The van der Waals surface area contributed by atoms with Crippen LogP contribution in [0.1, 0.15) is 42.1 Å². The molecular weight excluding hydrogens is 256 g/mol. The zero-order chi connectivity index (χ0) is 14.5. The van der Waals surface area contributed by atoms with Gasteiger partial charge in [-0.25, -0.2) is 4.79 Å². The molecule has 0 saturated heterocycles. The van der Waals surface area contributed by atoms with Gasteiger partial charge in [0.2, 0.25) is 0 Å². The van der Waals surface area contributed by atoms with Crippen LogP contribution in [0.25, 0.3) is 0 Å². The van der Waals surface area contributed by atoms with Crippen LogP contribution in [-0.2, 0) is 0 Å². The normalized spacial score (nSPS) is 11.9. The van der Waals surface area contributed by atoms with E-state index in [1.54, 1.807) is 0 Å². The van der Waals surface area contributed by atoms with Gasteiger partial charge in [-0.2, -0.15) is 5.10 Å². The van der Waals surface area contributed by atoms with Gasteiger partial charge in [-0.05, 0) is 30.0 Å². The van der Waals surface area contributed by atoms with Crippen LogP contribution in [0.4, 0.5) is 0 Å². The molecule has 0 amide bonds. The molecule has 0 spiro atoms. The Kier molecular flexibility index (Phi) is 4.30. The molecule has 0 fully saturated rings. The summed E-state index contributed by atoms with van der Waals surface area (Å²) >= 11 is 0. The average molecular weight is 272 g/mol. The Morgan fingerprint density at radius 2 is 2.10 bits per heavy atom. The molecule has 1 heterocycles. The second-order valence-corrected chi connectivity index (χ2v) is 4.50. The van der Waals surface area contributed by atoms with E-state index >= 15 is 0 Å². The number of aromatic carboxylic acids is 1. The fourth-order valence-electron chi connectivity index (χ4n) is 1.86. The third-order valence-corrected chi connectivity index (χ3v) is 3.19. The smallest absolute Gasteiger partial charge is 0.341 e. The molecule has 1 atom stereocenters. The number of ether oxygens (including phenoxy) is 1. The Morgan fingerprint density at radius 1 is 1.35 bits per heavy atom. The number of para-hydroxylation sites is 1. The summed E-state index contributed by atoms with van der Waals surface area (Å²) in [7, 11) is 0. The second-order valence-electron chi connectivity index (χ2n) is 4.50. The summed E-state index contributed by atoms with van der Waals surface area (Å²) in [4.78, 5) is 11.1. The Morgan fingerprint density at radius 3 is 2.80 bits per heavy atom. The summed E-state index contributed by atoms with van der Waals surface area (Å²) in [5.41, 5.74) is 1.02. The zero-order valence-corrected chi connectivity index (χ0v) is 11.4. The van der Waals surface area contributed by atoms with Crippen LogP contribution < -0.4 is 4.74 Å². The highest BCUT2D eigenvalue weighted by atomic mass is 16.5. The second kappa shape index (κ2) is 6.14. The van der Waals surface area contributed by atoms with Gasteiger partial charge in [-0.15, -0.1) is 5.10 Å². The van der Waals surface area contributed by atoms with Crippen molar-refractivity contribution in [1.29, 1.82) is 0 Å². The van der Waals surface area contributed by atoms with Crippen molar-refractivity contribution in [3.8, 4) is 11.6 Å². The molecule has 0 saturated carbocycles. The van der Waals surface area contributed by atoms with Gasteiger partial charge in [-0.3, -0.25) is 0 Å². The van der Waals surface area contributed by atoms with Crippen molar-refractivity contribution < 1.29 is 14.6 Å². The van der Waals surface area contributed by atoms with E-state index in [0.717, 1.165) is 12.0 Å². The first-order valence-electron chi connectivity index (χ1n) is 6.45. The van der Waals surface area contributed by atoms with E-state index in [0.29, 0.717) is 11.7 Å². The topological polar surface area (TPSA) is 72.3 Å². The molecule has 0 aliphatic heterocycles. The van der Waals surface area contributed by atoms with Gasteiger partial charge in [-0.1, -0.05) is 32.0 Å². The molecule has 0 aliphatic rings. The SMILES string of the molecule is CCC(C)c1ccccc1Oc1nnccc1C(=O)O. The zero-order valence-electron chi connectivity index (χ0n) is 11.4. The van der Waals surface area contributed by atoms with E-state index in [-0.39, 0.29) is 11.4 Å². The van der Waals surface area contributed by atoms with Crippen molar-refractivity contribution >= 4 is 5.97 Å². The predicted octanol–water partition coefficient (Wildman–Crippen LogP) is 3.48. The summed E-state index contributed by atoms with van der Waals surface area (Å²) in [5, 5.41) is 16.6. The molecule has 1 N–H and O–H groups in total. The first-order chi connectivity index (χ1) is 9.63. The van der Waals surface area contributed by atoms with Gasteiger partial charge in [0.1, 0.15) is 11.3 Å². The van der Waals surface area contributed by atoms with Gasteiger partial charge in [0, 0.05) is 0 Å². The lowest BCUT2D eigenvalue weighted by molar-refractivity contribution is 0.0693. The van der Waals surface area contributed by atoms with Gasteiger partial charge in [0.25, 0.3) is 5.88 Å². The highest BCUT2D eigenvalue weighted by Gasteiger charge is 2.16. The molecule has 1 aromatic carbocycles. The van der Waals surface area contributed by atoms with Crippen molar-refractivity contribution in [2.45, 2.75) is 26.2 Å². The number of carboxylic acids is 1. The fourth-order valence-corrected chi connectivity index (χ4v) is 1.86. The number of carbonyl (C=O) groups is 1. The van der Waals surface area contributed by atoms with E-state index in [1.807, 2.05) is 24.3 Å². The van der Waals surface area contributed by atoms with Crippen LogP contribution in [0, 0.1) is 0 Å². The maximum atomic E-state index is 11.1. The minimum atomic E-state index is -1.09. The number of benzene rings is 1. The Balaban J connectivity index is 2.38. The lowest BCUT2D eigenvalue weighted by Gasteiger charge is -2.15. The summed E-state index contributed by atoms with van der Waals surface area (Å²) in [6, 6.07) is 8.93. The Labute approximate surface area is 117 Å². The molecule has 1 aromatic heterocycles.